The molecule has 0 spiro atoms. The molecule has 0 aliphatic rings. The third-order valence-corrected chi connectivity index (χ3v) is 2.60. The topological polar surface area (TPSA) is 63.8 Å². The Labute approximate surface area is 84.1 Å². The zero-order chi connectivity index (χ0) is 10.7. The molecule has 14 heavy (non-hydrogen) atoms. The van der Waals surface area contributed by atoms with Gasteiger partial charge < -0.3 is 5.11 Å². The first-order valence-corrected chi connectivity index (χ1v) is 4.91. The van der Waals surface area contributed by atoms with Crippen LogP contribution in [-0.2, 0) is 13.5 Å². The van der Waals surface area contributed by atoms with Crippen LogP contribution in [0.2, 0.25) is 0 Å². The van der Waals surface area contributed by atoms with Crippen LogP contribution in [0.25, 0.3) is 0 Å². The van der Waals surface area contributed by atoms with Gasteiger partial charge in [0.05, 0.1) is 13.2 Å². The number of tetrazole rings is 1. The SMILES string of the molecule is CC(C)C(C)C(O)Cc1nnn(C)n1. The third-order valence-electron chi connectivity index (χ3n) is 2.60. The van der Waals surface area contributed by atoms with Crippen LogP contribution in [-0.4, -0.2) is 31.4 Å². The highest BCUT2D eigenvalue weighted by Gasteiger charge is 2.19. The van der Waals surface area contributed by atoms with Crippen molar-refractivity contribution in [1.29, 1.82) is 0 Å². The Morgan fingerprint density at radius 2 is 2.00 bits per heavy atom. The average molecular weight is 198 g/mol. The van der Waals surface area contributed by atoms with E-state index >= 15 is 0 Å². The van der Waals surface area contributed by atoms with Crippen molar-refractivity contribution >= 4 is 0 Å². The van der Waals surface area contributed by atoms with Gasteiger partial charge in [0.1, 0.15) is 0 Å². The largest absolute Gasteiger partial charge is 0.392 e. The molecule has 2 unspecified atom stereocenters. The fraction of sp³-hybridized carbons (Fsp3) is 0.889. The number of aryl methyl sites for hydroxylation is 1. The quantitative estimate of drug-likeness (QED) is 0.761. The molecular weight excluding hydrogens is 180 g/mol. The van der Waals surface area contributed by atoms with Crippen LogP contribution in [0, 0.1) is 11.8 Å². The summed E-state index contributed by atoms with van der Waals surface area (Å²) in [5.41, 5.74) is 0. The molecule has 0 aromatic carbocycles. The minimum Gasteiger partial charge on any atom is -0.392 e. The Bertz CT molecular complexity index is 284. The summed E-state index contributed by atoms with van der Waals surface area (Å²) >= 11 is 0. The summed E-state index contributed by atoms with van der Waals surface area (Å²) in [6, 6.07) is 0. The lowest BCUT2D eigenvalue weighted by molar-refractivity contribution is 0.0902. The number of rotatable bonds is 4. The first-order chi connectivity index (χ1) is 6.50. The number of nitrogens with zero attached hydrogens (tertiary/aromatic N) is 4. The molecule has 0 radical (unpaired) electrons. The van der Waals surface area contributed by atoms with Crippen molar-refractivity contribution in [3.05, 3.63) is 5.82 Å². The molecule has 0 aliphatic carbocycles. The van der Waals surface area contributed by atoms with Gasteiger partial charge in [-0.15, -0.1) is 10.2 Å². The molecule has 0 fully saturated rings. The van der Waals surface area contributed by atoms with Crippen LogP contribution in [0.5, 0.6) is 0 Å². The van der Waals surface area contributed by atoms with Gasteiger partial charge in [0.25, 0.3) is 0 Å². The minimum absolute atomic E-state index is 0.249. The van der Waals surface area contributed by atoms with E-state index in [4.69, 9.17) is 0 Å². The van der Waals surface area contributed by atoms with Crippen LogP contribution < -0.4 is 0 Å². The van der Waals surface area contributed by atoms with E-state index in [0.717, 1.165) is 0 Å². The molecule has 1 aromatic rings. The van der Waals surface area contributed by atoms with Crippen LogP contribution in [0.3, 0.4) is 0 Å². The number of aromatic nitrogens is 4. The Hall–Kier alpha value is -0.970. The second kappa shape index (κ2) is 4.50. The molecule has 5 heteroatoms. The summed E-state index contributed by atoms with van der Waals surface area (Å²) in [4.78, 5) is 1.40. The molecular formula is C9H18N4O. The zero-order valence-corrected chi connectivity index (χ0v) is 9.18. The molecule has 2 atom stereocenters. The van der Waals surface area contributed by atoms with E-state index in [9.17, 15) is 5.11 Å². The van der Waals surface area contributed by atoms with Gasteiger partial charge in [-0.1, -0.05) is 20.8 Å². The highest BCUT2D eigenvalue weighted by Crippen LogP contribution is 2.16. The molecule has 0 amide bonds. The summed E-state index contributed by atoms with van der Waals surface area (Å²) in [5.74, 6) is 1.31. The smallest absolute Gasteiger partial charge is 0.177 e. The highest BCUT2D eigenvalue weighted by molar-refractivity contribution is 4.83. The fourth-order valence-electron chi connectivity index (χ4n) is 1.22. The van der Waals surface area contributed by atoms with Crippen molar-refractivity contribution in [1.82, 2.24) is 20.2 Å². The van der Waals surface area contributed by atoms with Crippen LogP contribution >= 0.6 is 0 Å². The maximum absolute atomic E-state index is 9.83. The van der Waals surface area contributed by atoms with E-state index in [1.165, 1.54) is 4.80 Å². The molecule has 0 bridgehead atoms. The summed E-state index contributed by atoms with van der Waals surface area (Å²) in [5, 5.41) is 21.4. The predicted molar refractivity (Wildman–Crippen MR) is 52.5 cm³/mol. The van der Waals surface area contributed by atoms with Gasteiger partial charge in [-0.25, -0.2) is 0 Å². The lowest BCUT2D eigenvalue weighted by Gasteiger charge is -2.20. The summed E-state index contributed by atoms with van der Waals surface area (Å²) < 4.78 is 0. The van der Waals surface area contributed by atoms with Gasteiger partial charge in [0, 0.05) is 6.42 Å². The lowest BCUT2D eigenvalue weighted by atomic mass is 9.90. The maximum atomic E-state index is 9.83. The molecule has 0 saturated heterocycles. The van der Waals surface area contributed by atoms with Gasteiger partial charge in [0.2, 0.25) is 0 Å². The van der Waals surface area contributed by atoms with E-state index in [2.05, 4.69) is 29.3 Å². The summed E-state index contributed by atoms with van der Waals surface area (Å²) in [6.07, 6.45) is 0.0897. The Morgan fingerprint density at radius 1 is 1.36 bits per heavy atom. The molecule has 80 valence electrons. The standard InChI is InChI=1S/C9H18N4O/c1-6(2)7(3)8(14)5-9-10-12-13(4)11-9/h6-8,14H,5H2,1-4H3. The zero-order valence-electron chi connectivity index (χ0n) is 9.18. The average Bonchev–Trinajstić information content (AvgIpc) is 2.49. The molecule has 0 saturated carbocycles. The van der Waals surface area contributed by atoms with E-state index in [0.29, 0.717) is 18.2 Å². The Morgan fingerprint density at radius 3 is 2.43 bits per heavy atom. The van der Waals surface area contributed by atoms with Crippen LogP contribution in [0.1, 0.15) is 26.6 Å². The monoisotopic (exact) mass is 198 g/mol. The second-order valence-corrected chi connectivity index (χ2v) is 4.07. The molecule has 1 heterocycles. The number of hydrogen-bond donors (Lipinski definition) is 1. The number of hydrogen-bond acceptors (Lipinski definition) is 4. The first kappa shape index (κ1) is 11.1. The van der Waals surface area contributed by atoms with E-state index in [-0.39, 0.29) is 12.0 Å². The van der Waals surface area contributed by atoms with Crippen molar-refractivity contribution in [2.75, 3.05) is 0 Å². The summed E-state index contributed by atoms with van der Waals surface area (Å²) in [7, 11) is 1.72. The van der Waals surface area contributed by atoms with Crippen molar-refractivity contribution in [2.24, 2.45) is 18.9 Å². The molecule has 1 aromatic heterocycles. The predicted octanol–water partition coefficient (Wildman–Crippen LogP) is 0.406. The van der Waals surface area contributed by atoms with Gasteiger partial charge >= 0.3 is 0 Å². The highest BCUT2D eigenvalue weighted by atomic mass is 16.3. The van der Waals surface area contributed by atoms with Crippen molar-refractivity contribution in [3.8, 4) is 0 Å². The first-order valence-electron chi connectivity index (χ1n) is 4.91. The Kier molecular flexibility index (Phi) is 3.57. The second-order valence-electron chi connectivity index (χ2n) is 4.07. The number of aliphatic hydroxyl groups excluding tert-OH is 1. The molecule has 5 nitrogen and oxygen atoms in total. The summed E-state index contributed by atoms with van der Waals surface area (Å²) in [6.45, 7) is 6.22. The van der Waals surface area contributed by atoms with E-state index < -0.39 is 0 Å². The fourth-order valence-corrected chi connectivity index (χ4v) is 1.22. The van der Waals surface area contributed by atoms with E-state index in [1.54, 1.807) is 7.05 Å². The maximum Gasteiger partial charge on any atom is 0.177 e. The van der Waals surface area contributed by atoms with Gasteiger partial charge in [0.15, 0.2) is 5.82 Å². The molecule has 1 rings (SSSR count). The van der Waals surface area contributed by atoms with Crippen molar-refractivity contribution < 1.29 is 5.11 Å². The lowest BCUT2D eigenvalue weighted by Crippen LogP contribution is -2.25. The third kappa shape index (κ3) is 2.77. The minimum atomic E-state index is -0.390. The normalized spacial score (nSPS) is 15.9. The van der Waals surface area contributed by atoms with Gasteiger partial charge in [-0.3, -0.25) is 0 Å². The van der Waals surface area contributed by atoms with Gasteiger partial charge in [-0.2, -0.15) is 4.80 Å². The van der Waals surface area contributed by atoms with Gasteiger partial charge in [-0.05, 0) is 17.0 Å². The van der Waals surface area contributed by atoms with Crippen molar-refractivity contribution in [3.63, 3.8) is 0 Å². The van der Waals surface area contributed by atoms with Crippen molar-refractivity contribution in [2.45, 2.75) is 33.3 Å². The Balaban J connectivity index is 2.52. The van der Waals surface area contributed by atoms with Crippen LogP contribution in [0.15, 0.2) is 0 Å². The molecule has 1 N–H and O–H groups in total. The number of aliphatic hydroxyl groups is 1. The van der Waals surface area contributed by atoms with Crippen LogP contribution in [0.4, 0.5) is 0 Å². The van der Waals surface area contributed by atoms with E-state index in [1.807, 2.05) is 6.92 Å². The molecule has 0 aliphatic heterocycles.